The molecule has 5 heteroatoms. The van der Waals surface area contributed by atoms with E-state index in [4.69, 9.17) is 0 Å². The van der Waals surface area contributed by atoms with Gasteiger partial charge >= 0.3 is 18.6 Å². The average molecular weight is 181 g/mol. The first-order valence-corrected chi connectivity index (χ1v) is 2.22. The molecule has 0 aliphatic heterocycles. The summed E-state index contributed by atoms with van der Waals surface area (Å²) in [5.41, 5.74) is 3.96. The van der Waals surface area contributed by atoms with Gasteiger partial charge in [0.1, 0.15) is 0 Å². The number of hydrazine groups is 1. The van der Waals surface area contributed by atoms with Crippen molar-refractivity contribution in [3.8, 4) is 0 Å². The normalized spacial score (nSPS) is 6.10. The molecule has 0 atom stereocenters. The maximum atomic E-state index is 10.2. The average Bonchev–Trinajstić information content (AvgIpc) is 1.83. The van der Waals surface area contributed by atoms with Gasteiger partial charge < -0.3 is 17.6 Å². The third-order valence-corrected chi connectivity index (χ3v) is 0.574. The van der Waals surface area contributed by atoms with Crippen LogP contribution in [0, 0.1) is 7.43 Å². The van der Waals surface area contributed by atoms with Crippen LogP contribution in [0.4, 0.5) is 0 Å². The van der Waals surface area contributed by atoms with E-state index in [-0.39, 0.29) is 31.9 Å². The van der Waals surface area contributed by atoms with E-state index >= 15 is 0 Å². The Balaban J connectivity index is -0.000000245. The van der Waals surface area contributed by atoms with Gasteiger partial charge in [-0.05, 0) is 0 Å². The van der Waals surface area contributed by atoms with Crippen molar-refractivity contribution in [3.05, 3.63) is 7.43 Å². The van der Waals surface area contributed by atoms with Crippen LogP contribution in [-0.2, 0) is 28.1 Å². The number of carbonyl (C=O) groups is 1. The fourth-order valence-corrected chi connectivity index (χ4v) is 0.184. The minimum Gasteiger partial charge on any atom is -0.518 e. The van der Waals surface area contributed by atoms with Crippen LogP contribution in [0.3, 0.4) is 0 Å². The molecule has 0 aromatic carbocycles. The van der Waals surface area contributed by atoms with Crippen LogP contribution in [-0.4, -0.2) is 12.3 Å². The molecule has 10 heavy (non-hydrogen) atoms. The molecule has 0 saturated carbocycles. The molecule has 0 aromatic heterocycles. The Hall–Kier alpha value is -0.476. The molecular weight excluding hydrogens is 171 g/mol. The van der Waals surface area contributed by atoms with Gasteiger partial charge in [-0.1, -0.05) is 6.92 Å². The summed E-state index contributed by atoms with van der Waals surface area (Å²) in [7, 11) is 0. The van der Waals surface area contributed by atoms with Gasteiger partial charge in [0.2, 0.25) is 5.91 Å². The standard InChI is InChI=1S/C4H7N2O2.CH3.V/c1-2-4(8)6-5-3-7;;/h2H2,1H3,(H,5,7)(H,6,8);1H3;/q2*-1;+2. The van der Waals surface area contributed by atoms with Crippen molar-refractivity contribution in [3.63, 3.8) is 0 Å². The van der Waals surface area contributed by atoms with Gasteiger partial charge in [0.15, 0.2) is 0 Å². The van der Waals surface area contributed by atoms with Crippen LogP contribution >= 0.6 is 0 Å². The minimum atomic E-state index is -0.228. The zero-order valence-corrected chi connectivity index (χ0v) is 7.37. The summed E-state index contributed by atoms with van der Waals surface area (Å²) in [5, 5.41) is 0. The molecule has 2 amide bonds. The third kappa shape index (κ3) is 10.5. The van der Waals surface area contributed by atoms with Gasteiger partial charge in [0.25, 0.3) is 0 Å². The van der Waals surface area contributed by atoms with E-state index < -0.39 is 0 Å². The Morgan fingerprint density at radius 2 is 2.10 bits per heavy atom. The molecule has 0 saturated heterocycles. The molecule has 0 aliphatic carbocycles. The molecule has 0 bridgehead atoms. The van der Waals surface area contributed by atoms with Crippen molar-refractivity contribution in [1.29, 1.82) is 0 Å². The predicted octanol–water partition coefficient (Wildman–Crippen LogP) is -0.468. The van der Waals surface area contributed by atoms with Crippen molar-refractivity contribution in [1.82, 2.24) is 10.9 Å². The summed E-state index contributed by atoms with van der Waals surface area (Å²) in [6, 6.07) is 0. The second-order valence-electron chi connectivity index (χ2n) is 1.13. The van der Waals surface area contributed by atoms with Crippen molar-refractivity contribution < 1.29 is 28.1 Å². The van der Waals surface area contributed by atoms with Gasteiger partial charge in [-0.2, -0.15) is 0 Å². The topological polar surface area (TPSA) is 58.2 Å². The second-order valence-corrected chi connectivity index (χ2v) is 1.13. The molecule has 0 unspecified atom stereocenters. The third-order valence-electron chi connectivity index (χ3n) is 0.574. The summed E-state index contributed by atoms with van der Waals surface area (Å²) in [6.45, 7) is 1.68. The molecule has 0 aromatic rings. The summed E-state index contributed by atoms with van der Waals surface area (Å²) >= 11 is 0. The van der Waals surface area contributed by atoms with E-state index in [1.54, 1.807) is 6.92 Å². The van der Waals surface area contributed by atoms with Gasteiger partial charge in [-0.15, -0.1) is 6.41 Å². The first kappa shape index (κ1) is 16.3. The second kappa shape index (κ2) is 11.3. The minimum absolute atomic E-state index is 0. The number of carbonyl (C=O) groups excluding carboxylic acids is 2. The molecule has 0 spiro atoms. The summed E-state index contributed by atoms with van der Waals surface area (Å²) < 4.78 is 0. The molecule has 1 radical (unpaired) electrons. The zero-order chi connectivity index (χ0) is 6.41. The molecular formula is C5H10N2O2V. The molecule has 4 nitrogen and oxygen atoms in total. The Labute approximate surface area is 72.6 Å². The van der Waals surface area contributed by atoms with E-state index in [0.717, 1.165) is 0 Å². The number of nitrogens with one attached hydrogen (secondary N) is 2. The molecule has 2 N–H and O–H groups in total. The molecule has 0 fully saturated rings. The van der Waals surface area contributed by atoms with E-state index in [1.165, 1.54) is 6.41 Å². The van der Waals surface area contributed by atoms with E-state index in [9.17, 15) is 9.59 Å². The Morgan fingerprint density at radius 1 is 1.60 bits per heavy atom. The summed E-state index contributed by atoms with van der Waals surface area (Å²) in [4.78, 5) is 19.6. The molecule has 0 rings (SSSR count). The molecule has 0 aliphatic rings. The Morgan fingerprint density at radius 3 is 2.40 bits per heavy atom. The van der Waals surface area contributed by atoms with Crippen LogP contribution in [0.25, 0.3) is 0 Å². The molecule has 0 heterocycles. The fraction of sp³-hybridized carbons (Fsp3) is 0.400. The van der Waals surface area contributed by atoms with Crippen LogP contribution in [0.2, 0.25) is 0 Å². The van der Waals surface area contributed by atoms with Crippen LogP contribution in [0.1, 0.15) is 13.3 Å². The first-order valence-electron chi connectivity index (χ1n) is 2.22. The number of hydrogen-bond donors (Lipinski definition) is 2. The summed E-state index contributed by atoms with van der Waals surface area (Å²) in [5.74, 6) is -0.228. The zero-order valence-electron chi connectivity index (χ0n) is 5.97. The SMILES string of the molecule is CCC(=O)NN[C-]=O.[CH3-].[V+2]. The summed E-state index contributed by atoms with van der Waals surface area (Å²) in [6.07, 6.45) is 1.66. The number of amides is 2. The maximum Gasteiger partial charge on any atom is 2.00 e. The van der Waals surface area contributed by atoms with Crippen LogP contribution in [0.5, 0.6) is 0 Å². The largest absolute Gasteiger partial charge is 2.00 e. The van der Waals surface area contributed by atoms with Crippen molar-refractivity contribution in [2.24, 2.45) is 0 Å². The molecule has 57 valence electrons. The van der Waals surface area contributed by atoms with Crippen molar-refractivity contribution in [2.75, 3.05) is 0 Å². The first-order chi connectivity index (χ1) is 3.81. The van der Waals surface area contributed by atoms with Crippen LogP contribution in [0.15, 0.2) is 0 Å². The maximum absolute atomic E-state index is 10.2. The predicted molar refractivity (Wildman–Crippen MR) is 33.7 cm³/mol. The van der Waals surface area contributed by atoms with Gasteiger partial charge in [-0.25, -0.2) is 0 Å². The van der Waals surface area contributed by atoms with Crippen LogP contribution < -0.4 is 10.9 Å². The monoisotopic (exact) mass is 181 g/mol. The van der Waals surface area contributed by atoms with E-state index in [0.29, 0.717) is 6.42 Å². The van der Waals surface area contributed by atoms with E-state index in [2.05, 4.69) is 5.43 Å². The van der Waals surface area contributed by atoms with Gasteiger partial charge in [0.05, 0.1) is 0 Å². The number of rotatable bonds is 3. The van der Waals surface area contributed by atoms with Gasteiger partial charge in [0, 0.05) is 6.42 Å². The quantitative estimate of drug-likeness (QED) is 0.351. The van der Waals surface area contributed by atoms with Crippen molar-refractivity contribution >= 4 is 12.3 Å². The Kier molecular flexibility index (Phi) is 18.4. The fourth-order valence-electron chi connectivity index (χ4n) is 0.184. The smallest absolute Gasteiger partial charge is 0.518 e. The van der Waals surface area contributed by atoms with Crippen molar-refractivity contribution in [2.45, 2.75) is 13.3 Å². The number of hydrogen-bond acceptors (Lipinski definition) is 2. The Bertz CT molecular complexity index is 97.6. The van der Waals surface area contributed by atoms with E-state index in [1.807, 2.05) is 5.43 Å². The van der Waals surface area contributed by atoms with Gasteiger partial charge in [-0.3, -0.25) is 10.2 Å².